The Hall–Kier alpha value is -1.01. The van der Waals surface area contributed by atoms with E-state index in [9.17, 15) is 74.6 Å². The summed E-state index contributed by atoms with van der Waals surface area (Å²) in [5, 5.41) is 0. The van der Waals surface area contributed by atoms with Crippen LogP contribution in [0.5, 0.6) is 0 Å². The van der Waals surface area contributed by atoms with Crippen molar-refractivity contribution in [2.75, 3.05) is 6.61 Å². The van der Waals surface area contributed by atoms with Crippen LogP contribution >= 0.6 is 0 Å². The zero-order valence-electron chi connectivity index (χ0n) is 16.4. The first-order valence-corrected chi connectivity index (χ1v) is 10.7. The van der Waals surface area contributed by atoms with E-state index in [1.54, 1.807) is 0 Å². The number of halogens is 17. The second-order valence-corrected chi connectivity index (χ2v) is 9.63. The fraction of sp³-hybridized carbons (Fsp3) is 1.00. The molecule has 1 saturated heterocycles. The van der Waals surface area contributed by atoms with Crippen molar-refractivity contribution in [2.45, 2.75) is 85.4 Å². The lowest BCUT2D eigenvalue weighted by molar-refractivity contribution is -0.454. The summed E-state index contributed by atoms with van der Waals surface area (Å²) in [5.74, 6) is -62.3. The van der Waals surface area contributed by atoms with Gasteiger partial charge in [-0.2, -0.15) is 70.2 Å². The lowest BCUT2D eigenvalue weighted by Gasteiger charge is -2.44. The summed E-state index contributed by atoms with van der Waals surface area (Å²) in [6.45, 7) is -0.956. The zero-order valence-corrected chi connectivity index (χ0v) is 17.4. The fourth-order valence-electron chi connectivity index (χ4n) is 2.69. The van der Waals surface area contributed by atoms with Gasteiger partial charge in [-0.1, -0.05) is 6.42 Å². The Labute approximate surface area is 181 Å². The molecule has 1 aliphatic rings. The highest BCUT2D eigenvalue weighted by atomic mass is 28.3. The van der Waals surface area contributed by atoms with Gasteiger partial charge in [0.15, 0.2) is 6.17 Å². The van der Waals surface area contributed by atoms with Gasteiger partial charge in [-0.05, 0) is 19.4 Å². The Morgan fingerprint density at radius 1 is 0.618 bits per heavy atom. The molecule has 34 heavy (non-hydrogen) atoms. The summed E-state index contributed by atoms with van der Waals surface area (Å²) in [4.78, 5) is 0. The topological polar surface area (TPSA) is 9.23 Å². The molecule has 0 amide bonds. The van der Waals surface area contributed by atoms with Gasteiger partial charge in [0.1, 0.15) is 0 Å². The third-order valence-corrected chi connectivity index (χ3v) is 7.29. The molecule has 1 heterocycles. The van der Waals surface area contributed by atoms with E-state index >= 15 is 0 Å². The second kappa shape index (κ2) is 8.83. The Bertz CT molecular complexity index is 714. The average molecular weight is 561 g/mol. The Morgan fingerprint density at radius 3 is 1.35 bits per heavy atom. The minimum Gasteiger partial charge on any atom is -0.416 e. The molecule has 0 aromatic carbocycles. The van der Waals surface area contributed by atoms with Gasteiger partial charge in [-0.15, -0.1) is 0 Å². The SMILES string of the molecule is CC(F)C(F)(F)C(F)(F)C(F)(F)C(F)(F)C(F)(F)C(F)(F)C(F)(F)C(F)(F)C[Si]1CCCCO1. The first-order chi connectivity index (χ1) is 14.8. The van der Waals surface area contributed by atoms with Crippen LogP contribution in [0.2, 0.25) is 12.1 Å². The Balaban J connectivity index is 3.52. The van der Waals surface area contributed by atoms with Crippen LogP contribution < -0.4 is 0 Å². The van der Waals surface area contributed by atoms with Crippen LogP contribution in [0.15, 0.2) is 0 Å². The lowest BCUT2D eigenvalue weighted by Crippen LogP contribution is -2.75. The molecule has 0 N–H and O–H groups in total. The van der Waals surface area contributed by atoms with E-state index in [1.165, 1.54) is 0 Å². The predicted molar refractivity (Wildman–Crippen MR) is 80.7 cm³/mol. The molecule has 0 aromatic heterocycles. The van der Waals surface area contributed by atoms with Crippen molar-refractivity contribution in [2.24, 2.45) is 0 Å². The quantitative estimate of drug-likeness (QED) is 0.202. The van der Waals surface area contributed by atoms with Gasteiger partial charge < -0.3 is 4.43 Å². The highest BCUT2D eigenvalue weighted by Crippen LogP contribution is 2.64. The van der Waals surface area contributed by atoms with E-state index in [4.69, 9.17) is 0 Å². The molecule has 1 radical (unpaired) electrons. The van der Waals surface area contributed by atoms with Crippen LogP contribution in [-0.4, -0.2) is 69.2 Å². The summed E-state index contributed by atoms with van der Waals surface area (Å²) in [5.41, 5.74) is 0. The second-order valence-electron chi connectivity index (χ2n) is 7.41. The maximum absolute atomic E-state index is 13.9. The lowest BCUT2D eigenvalue weighted by atomic mass is 9.87. The zero-order chi connectivity index (χ0) is 27.4. The van der Waals surface area contributed by atoms with Gasteiger partial charge in [0, 0.05) is 12.7 Å². The Kier molecular flexibility index (Phi) is 8.05. The van der Waals surface area contributed by atoms with E-state index in [2.05, 4.69) is 4.43 Å². The van der Waals surface area contributed by atoms with Crippen LogP contribution in [0.25, 0.3) is 0 Å². The van der Waals surface area contributed by atoms with Crippen molar-refractivity contribution in [3.8, 4) is 0 Å². The third kappa shape index (κ3) is 4.25. The van der Waals surface area contributed by atoms with E-state index < -0.39 is 81.6 Å². The molecule has 203 valence electrons. The largest absolute Gasteiger partial charge is 0.416 e. The normalized spacial score (nSPS) is 19.9. The molecule has 0 spiro atoms. The van der Waals surface area contributed by atoms with E-state index in [-0.39, 0.29) is 19.4 Å². The van der Waals surface area contributed by atoms with Crippen molar-refractivity contribution in [3.05, 3.63) is 0 Å². The standard InChI is InChI=1S/C15H14F17OSi/c1-7(16)9(19,20)11(23,24)13(27,28)15(31,32)14(29,30)12(25,26)10(21,22)8(17,18)6-34-5-3-2-4-33-34/h7H,2-6H2,1H3. The number of rotatable bonds is 10. The van der Waals surface area contributed by atoms with E-state index in [0.717, 1.165) is 0 Å². The molecule has 1 aliphatic heterocycles. The Morgan fingerprint density at radius 2 is 1.00 bits per heavy atom. The molecule has 1 rings (SSSR count). The molecule has 0 saturated carbocycles. The predicted octanol–water partition coefficient (Wildman–Crippen LogP) is 7.23. The highest BCUT2D eigenvalue weighted by molar-refractivity contribution is 6.52. The molecule has 1 atom stereocenters. The van der Waals surface area contributed by atoms with Gasteiger partial charge in [-0.3, -0.25) is 0 Å². The van der Waals surface area contributed by atoms with Crippen molar-refractivity contribution >= 4 is 9.04 Å². The van der Waals surface area contributed by atoms with Crippen LogP contribution in [0.3, 0.4) is 0 Å². The van der Waals surface area contributed by atoms with Gasteiger partial charge in [0.25, 0.3) is 0 Å². The molecule has 1 unspecified atom stereocenters. The highest BCUT2D eigenvalue weighted by Gasteiger charge is 2.95. The van der Waals surface area contributed by atoms with E-state index in [0.29, 0.717) is 0 Å². The molecular weight excluding hydrogens is 547 g/mol. The smallest absolute Gasteiger partial charge is 0.385 e. The summed E-state index contributed by atoms with van der Waals surface area (Å²) >= 11 is 0. The van der Waals surface area contributed by atoms with Gasteiger partial charge >= 0.3 is 47.4 Å². The first-order valence-electron chi connectivity index (χ1n) is 8.91. The molecule has 1 fully saturated rings. The van der Waals surface area contributed by atoms with Crippen LogP contribution in [0.4, 0.5) is 74.6 Å². The third-order valence-electron chi connectivity index (χ3n) is 4.92. The van der Waals surface area contributed by atoms with Crippen molar-refractivity contribution in [1.29, 1.82) is 0 Å². The molecule has 19 heteroatoms. The van der Waals surface area contributed by atoms with E-state index in [1.807, 2.05) is 0 Å². The summed E-state index contributed by atoms with van der Waals surface area (Å²) in [6.07, 6.45) is -4.21. The van der Waals surface area contributed by atoms with Gasteiger partial charge in [0.2, 0.25) is 9.04 Å². The maximum atomic E-state index is 13.9. The minimum atomic E-state index is -8.53. The molecular formula is C15H14F17OSi. The van der Waals surface area contributed by atoms with Crippen molar-refractivity contribution in [1.82, 2.24) is 0 Å². The average Bonchev–Trinajstić information content (AvgIpc) is 2.67. The van der Waals surface area contributed by atoms with Gasteiger partial charge in [-0.25, -0.2) is 4.39 Å². The summed E-state index contributed by atoms with van der Waals surface area (Å²) < 4.78 is 235. The molecule has 1 nitrogen and oxygen atoms in total. The maximum Gasteiger partial charge on any atom is 0.385 e. The van der Waals surface area contributed by atoms with Crippen LogP contribution in [0.1, 0.15) is 19.8 Å². The monoisotopic (exact) mass is 561 g/mol. The molecule has 0 bridgehead atoms. The van der Waals surface area contributed by atoms with Crippen LogP contribution in [-0.2, 0) is 4.43 Å². The minimum absolute atomic E-state index is 0.0447. The van der Waals surface area contributed by atoms with Gasteiger partial charge in [0.05, 0.1) is 0 Å². The van der Waals surface area contributed by atoms with Crippen molar-refractivity contribution in [3.63, 3.8) is 0 Å². The summed E-state index contributed by atoms with van der Waals surface area (Å²) in [6, 6.07) is -2.80. The summed E-state index contributed by atoms with van der Waals surface area (Å²) in [7, 11) is -3.11. The van der Waals surface area contributed by atoms with Crippen LogP contribution in [0, 0.1) is 0 Å². The number of hydrogen-bond acceptors (Lipinski definition) is 1. The first kappa shape index (κ1) is 31.0. The number of alkyl halides is 17. The molecule has 0 aliphatic carbocycles. The fourth-order valence-corrected chi connectivity index (χ4v) is 4.91. The molecule has 0 aromatic rings. The van der Waals surface area contributed by atoms with Crippen molar-refractivity contribution < 1.29 is 79.1 Å². The number of hydrogen-bond donors (Lipinski definition) is 0.